The first kappa shape index (κ1) is 25.0. The molecular weight excluding hydrogens is 476 g/mol. The molecule has 2 atom stereocenters. The number of thioether (sulfide) groups is 1. The lowest BCUT2D eigenvalue weighted by atomic mass is 9.97. The summed E-state index contributed by atoms with van der Waals surface area (Å²) in [5.41, 5.74) is 3.95. The fourth-order valence-corrected chi connectivity index (χ4v) is 5.37. The largest absolute Gasteiger partial charge is 0.495 e. The van der Waals surface area contributed by atoms with E-state index in [0.29, 0.717) is 11.1 Å². The van der Waals surface area contributed by atoms with Gasteiger partial charge in [-0.05, 0) is 67.0 Å². The van der Waals surface area contributed by atoms with E-state index in [9.17, 15) is 4.79 Å². The van der Waals surface area contributed by atoms with Crippen molar-refractivity contribution >= 4 is 34.7 Å². The van der Waals surface area contributed by atoms with Crippen LogP contribution >= 0.6 is 23.1 Å². The van der Waals surface area contributed by atoms with Gasteiger partial charge in [0, 0.05) is 5.69 Å². The molecule has 0 saturated heterocycles. The van der Waals surface area contributed by atoms with Crippen LogP contribution in [-0.2, 0) is 4.79 Å². The zero-order chi connectivity index (χ0) is 24.9. The molecule has 0 bridgehead atoms. The predicted molar refractivity (Wildman–Crippen MR) is 145 cm³/mol. The summed E-state index contributed by atoms with van der Waals surface area (Å²) < 4.78 is 7.65. The maximum Gasteiger partial charge on any atom is 0.237 e. The minimum atomic E-state index is -0.394. The van der Waals surface area contributed by atoms with Crippen molar-refractivity contribution < 1.29 is 9.53 Å². The Labute approximate surface area is 214 Å². The number of ether oxygens (including phenoxy) is 1. The molecule has 1 amide bonds. The van der Waals surface area contributed by atoms with Gasteiger partial charge >= 0.3 is 0 Å². The molecule has 0 saturated carbocycles. The van der Waals surface area contributed by atoms with E-state index in [2.05, 4.69) is 41.5 Å². The van der Waals surface area contributed by atoms with E-state index in [-0.39, 0.29) is 5.91 Å². The third-order valence-corrected chi connectivity index (χ3v) is 7.87. The number of methoxy groups -OCH3 is 1. The molecule has 2 aromatic heterocycles. The monoisotopic (exact) mass is 506 g/mol. The molecular formula is C27H30N4O2S2. The van der Waals surface area contributed by atoms with Crippen LogP contribution in [0.4, 0.5) is 5.69 Å². The highest BCUT2D eigenvalue weighted by Crippen LogP contribution is 2.36. The summed E-state index contributed by atoms with van der Waals surface area (Å²) in [6, 6.07) is 18.0. The lowest BCUT2D eigenvalue weighted by molar-refractivity contribution is -0.115. The Morgan fingerprint density at radius 3 is 2.66 bits per heavy atom. The van der Waals surface area contributed by atoms with Crippen LogP contribution in [0.5, 0.6) is 5.75 Å². The number of anilines is 1. The van der Waals surface area contributed by atoms with Gasteiger partial charge in [0.1, 0.15) is 5.75 Å². The molecule has 4 aromatic rings. The number of aromatic nitrogens is 3. The number of nitrogens with zero attached hydrogens (tertiary/aromatic N) is 3. The molecule has 4 rings (SSSR count). The molecule has 0 aliphatic carbocycles. The second-order valence-corrected chi connectivity index (χ2v) is 10.7. The standard InChI is InChI=1S/C27H30N4O2S2/c1-6-18(3)20-10-7-8-11-21(20)28-26(32)19(4)35-27-30-29-25(24-12-9-15-34-24)31(27)22-16-17(2)13-14-23(22)33-5/h7-16,18-19H,6H2,1-5H3,(H,28,32). The van der Waals surface area contributed by atoms with Crippen molar-refractivity contribution in [2.45, 2.75) is 50.4 Å². The van der Waals surface area contributed by atoms with Crippen molar-refractivity contribution in [2.24, 2.45) is 0 Å². The summed E-state index contributed by atoms with van der Waals surface area (Å²) in [5.74, 6) is 1.73. The maximum atomic E-state index is 13.2. The number of para-hydroxylation sites is 1. The van der Waals surface area contributed by atoms with Gasteiger partial charge in [-0.2, -0.15) is 0 Å². The van der Waals surface area contributed by atoms with Gasteiger partial charge in [-0.1, -0.05) is 55.9 Å². The lowest BCUT2D eigenvalue weighted by Gasteiger charge is -2.18. The van der Waals surface area contributed by atoms with Crippen LogP contribution in [-0.4, -0.2) is 33.0 Å². The Hall–Kier alpha value is -3.10. The zero-order valence-corrected chi connectivity index (χ0v) is 22.2. The van der Waals surface area contributed by atoms with Gasteiger partial charge < -0.3 is 10.1 Å². The average molecular weight is 507 g/mol. The highest BCUT2D eigenvalue weighted by atomic mass is 32.2. The highest BCUT2D eigenvalue weighted by molar-refractivity contribution is 8.00. The number of thiophene rings is 1. The molecule has 8 heteroatoms. The molecule has 0 aliphatic heterocycles. The van der Waals surface area contributed by atoms with Gasteiger partial charge in [0.15, 0.2) is 11.0 Å². The number of benzene rings is 2. The molecule has 6 nitrogen and oxygen atoms in total. The number of hydrogen-bond acceptors (Lipinski definition) is 6. The van der Waals surface area contributed by atoms with E-state index in [1.54, 1.807) is 18.4 Å². The maximum absolute atomic E-state index is 13.2. The summed E-state index contributed by atoms with van der Waals surface area (Å²) in [4.78, 5) is 14.2. The lowest BCUT2D eigenvalue weighted by Crippen LogP contribution is -2.23. The molecule has 182 valence electrons. The molecule has 0 aliphatic rings. The smallest absolute Gasteiger partial charge is 0.237 e. The van der Waals surface area contributed by atoms with E-state index < -0.39 is 5.25 Å². The van der Waals surface area contributed by atoms with Crippen LogP contribution in [0.15, 0.2) is 65.1 Å². The van der Waals surface area contributed by atoms with Crippen molar-refractivity contribution in [2.75, 3.05) is 12.4 Å². The van der Waals surface area contributed by atoms with E-state index >= 15 is 0 Å². The van der Waals surface area contributed by atoms with Crippen LogP contribution in [0.25, 0.3) is 16.4 Å². The molecule has 35 heavy (non-hydrogen) atoms. The Bertz CT molecular complexity index is 1300. The fraction of sp³-hybridized carbons (Fsp3) is 0.296. The Balaban J connectivity index is 1.67. The van der Waals surface area contributed by atoms with Gasteiger partial charge in [0.05, 0.1) is 22.9 Å². The average Bonchev–Trinajstić information content (AvgIpc) is 3.54. The Morgan fingerprint density at radius 2 is 1.94 bits per heavy atom. The summed E-state index contributed by atoms with van der Waals surface area (Å²) in [7, 11) is 1.65. The van der Waals surface area contributed by atoms with Crippen LogP contribution in [0.1, 0.15) is 44.2 Å². The molecule has 0 fully saturated rings. The SMILES string of the molecule is CCC(C)c1ccccc1NC(=O)C(C)Sc1nnc(-c2cccs2)n1-c1cc(C)ccc1OC. The first-order valence-corrected chi connectivity index (χ1v) is 13.4. The second-order valence-electron chi connectivity index (χ2n) is 8.44. The minimum Gasteiger partial charge on any atom is -0.495 e. The third-order valence-electron chi connectivity index (χ3n) is 5.96. The van der Waals surface area contributed by atoms with Crippen LogP contribution in [0.2, 0.25) is 0 Å². The zero-order valence-electron chi connectivity index (χ0n) is 20.6. The van der Waals surface area contributed by atoms with Gasteiger partial charge in [-0.15, -0.1) is 21.5 Å². The summed E-state index contributed by atoms with van der Waals surface area (Å²) in [6.07, 6.45) is 1.00. The first-order valence-electron chi connectivity index (χ1n) is 11.6. The van der Waals surface area contributed by atoms with Gasteiger partial charge in [-0.25, -0.2) is 0 Å². The third kappa shape index (κ3) is 5.44. The van der Waals surface area contributed by atoms with E-state index in [0.717, 1.165) is 45.4 Å². The van der Waals surface area contributed by atoms with Crippen molar-refractivity contribution in [1.29, 1.82) is 0 Å². The quantitative estimate of drug-likeness (QED) is 0.249. The van der Waals surface area contributed by atoms with E-state index in [1.807, 2.05) is 66.3 Å². The number of carbonyl (C=O) groups excluding carboxylic acids is 1. The van der Waals surface area contributed by atoms with Crippen LogP contribution < -0.4 is 10.1 Å². The predicted octanol–water partition coefficient (Wildman–Crippen LogP) is 6.95. The second kappa shape index (κ2) is 11.1. The highest BCUT2D eigenvalue weighted by Gasteiger charge is 2.24. The van der Waals surface area contributed by atoms with Gasteiger partial charge in [0.25, 0.3) is 0 Å². The number of rotatable bonds is 9. The van der Waals surface area contributed by atoms with Crippen molar-refractivity contribution in [1.82, 2.24) is 14.8 Å². The Morgan fingerprint density at radius 1 is 1.14 bits per heavy atom. The fourth-order valence-electron chi connectivity index (χ4n) is 3.81. The molecule has 2 aromatic carbocycles. The van der Waals surface area contributed by atoms with E-state index in [1.165, 1.54) is 11.8 Å². The number of hydrogen-bond donors (Lipinski definition) is 1. The molecule has 0 spiro atoms. The van der Waals surface area contributed by atoms with Crippen molar-refractivity contribution in [3.63, 3.8) is 0 Å². The first-order chi connectivity index (χ1) is 16.9. The molecule has 0 radical (unpaired) electrons. The summed E-state index contributed by atoms with van der Waals surface area (Å²) >= 11 is 2.98. The molecule has 2 unspecified atom stereocenters. The minimum absolute atomic E-state index is 0.0748. The van der Waals surface area contributed by atoms with Gasteiger partial charge in [-0.3, -0.25) is 9.36 Å². The molecule has 2 heterocycles. The van der Waals surface area contributed by atoms with Crippen molar-refractivity contribution in [3.05, 3.63) is 71.1 Å². The van der Waals surface area contributed by atoms with Gasteiger partial charge in [0.2, 0.25) is 5.91 Å². The Kier molecular flexibility index (Phi) is 7.93. The number of carbonyl (C=O) groups is 1. The topological polar surface area (TPSA) is 69.0 Å². The van der Waals surface area contributed by atoms with Crippen LogP contribution in [0.3, 0.4) is 0 Å². The van der Waals surface area contributed by atoms with Crippen LogP contribution in [0, 0.1) is 6.92 Å². The van der Waals surface area contributed by atoms with E-state index in [4.69, 9.17) is 4.74 Å². The van der Waals surface area contributed by atoms with Crippen molar-refractivity contribution in [3.8, 4) is 22.1 Å². The normalized spacial score (nSPS) is 12.8. The summed E-state index contributed by atoms with van der Waals surface area (Å²) in [5, 5.41) is 14.4. The number of nitrogens with one attached hydrogen (secondary N) is 1. The summed E-state index contributed by atoms with van der Waals surface area (Å²) in [6.45, 7) is 8.26. The molecule has 1 N–H and O–H groups in total. The number of amides is 1. The number of aryl methyl sites for hydroxylation is 1.